The number of fused-ring (bicyclic) bond motifs is 1. The summed E-state index contributed by atoms with van der Waals surface area (Å²) in [6.07, 6.45) is 3.90. The number of amides is 1. The lowest BCUT2D eigenvalue weighted by atomic mass is 9.88. The largest absolute Gasteiger partial charge is 0.343 e. The molecule has 0 atom stereocenters. The average Bonchev–Trinajstić information content (AvgIpc) is 3.32. The number of carbonyl (C=O) groups excluding carboxylic acids is 1. The van der Waals surface area contributed by atoms with E-state index >= 15 is 0 Å². The van der Waals surface area contributed by atoms with Crippen molar-refractivity contribution in [2.45, 2.75) is 44.2 Å². The fourth-order valence-electron chi connectivity index (χ4n) is 5.16. The van der Waals surface area contributed by atoms with E-state index in [9.17, 15) is 4.79 Å². The first-order valence-electron chi connectivity index (χ1n) is 11.4. The Labute approximate surface area is 189 Å². The van der Waals surface area contributed by atoms with Gasteiger partial charge in [-0.2, -0.15) is 0 Å². The Morgan fingerprint density at radius 1 is 0.903 bits per heavy atom. The molecule has 2 aliphatic rings. The zero-order chi connectivity index (χ0) is 21.0. The van der Waals surface area contributed by atoms with Crippen LogP contribution in [0.1, 0.15) is 46.7 Å². The topological polar surface area (TPSA) is 23.6 Å². The quantitative estimate of drug-likeness (QED) is 0.547. The zero-order valence-electron chi connectivity index (χ0n) is 18.0. The van der Waals surface area contributed by atoms with Crippen LogP contribution in [0.2, 0.25) is 0 Å². The van der Waals surface area contributed by atoms with E-state index in [1.807, 2.05) is 23.5 Å². The van der Waals surface area contributed by atoms with Crippen LogP contribution in [-0.4, -0.2) is 41.4 Å². The standard InChI is InChI=1S/C27H30N2OS/c30-27(19-25(21-7-3-1-4-8-21)22-9-5-2-6-10-22)28-15-11-24(12-16-28)29-17-13-26-23(20-29)14-18-31-26/h1-10,14,18,24-25H,11-13,15-17,19-20H2. The summed E-state index contributed by atoms with van der Waals surface area (Å²) in [6.45, 7) is 4.01. The summed E-state index contributed by atoms with van der Waals surface area (Å²) in [5, 5.41) is 2.23. The van der Waals surface area contributed by atoms with Gasteiger partial charge in [0.2, 0.25) is 5.91 Å². The van der Waals surface area contributed by atoms with Gasteiger partial charge in [0.1, 0.15) is 0 Å². The number of piperidine rings is 1. The van der Waals surface area contributed by atoms with E-state index in [2.05, 4.69) is 69.8 Å². The maximum atomic E-state index is 13.3. The first kappa shape index (κ1) is 20.5. The minimum atomic E-state index is 0.117. The van der Waals surface area contributed by atoms with Gasteiger partial charge in [0.25, 0.3) is 0 Å². The van der Waals surface area contributed by atoms with Crippen molar-refractivity contribution in [1.29, 1.82) is 0 Å². The van der Waals surface area contributed by atoms with Gasteiger partial charge in [-0.3, -0.25) is 9.69 Å². The van der Waals surface area contributed by atoms with Gasteiger partial charge in [0.05, 0.1) is 0 Å². The van der Waals surface area contributed by atoms with Gasteiger partial charge >= 0.3 is 0 Å². The van der Waals surface area contributed by atoms with Gasteiger partial charge in [0.15, 0.2) is 0 Å². The van der Waals surface area contributed by atoms with Crippen LogP contribution in [0.25, 0.3) is 0 Å². The average molecular weight is 431 g/mol. The van der Waals surface area contributed by atoms with Gasteiger partial charge in [-0.15, -0.1) is 11.3 Å². The van der Waals surface area contributed by atoms with E-state index in [0.29, 0.717) is 12.5 Å². The fraction of sp³-hybridized carbons (Fsp3) is 0.370. The lowest BCUT2D eigenvalue weighted by Gasteiger charge is -2.40. The first-order valence-corrected chi connectivity index (χ1v) is 12.3. The molecule has 1 amide bonds. The number of likely N-dealkylation sites (tertiary alicyclic amines) is 1. The van der Waals surface area contributed by atoms with Crippen LogP contribution in [0.4, 0.5) is 0 Å². The van der Waals surface area contributed by atoms with Crippen molar-refractivity contribution in [1.82, 2.24) is 9.80 Å². The van der Waals surface area contributed by atoms with E-state index in [4.69, 9.17) is 0 Å². The number of rotatable bonds is 5. The van der Waals surface area contributed by atoms with Crippen LogP contribution in [0.5, 0.6) is 0 Å². The van der Waals surface area contributed by atoms with Gasteiger partial charge in [-0.25, -0.2) is 0 Å². The number of nitrogens with zero attached hydrogens (tertiary/aromatic N) is 2. The molecule has 2 aromatic carbocycles. The summed E-state index contributed by atoms with van der Waals surface area (Å²) in [6, 6.07) is 23.8. The van der Waals surface area contributed by atoms with Crippen LogP contribution < -0.4 is 0 Å². The smallest absolute Gasteiger partial charge is 0.223 e. The number of carbonyl (C=O) groups is 1. The van der Waals surface area contributed by atoms with Crippen molar-refractivity contribution in [3.8, 4) is 0 Å². The molecule has 160 valence electrons. The second-order valence-electron chi connectivity index (χ2n) is 8.78. The first-order chi connectivity index (χ1) is 15.3. The van der Waals surface area contributed by atoms with Crippen LogP contribution in [0.15, 0.2) is 72.1 Å². The summed E-state index contributed by atoms with van der Waals surface area (Å²) >= 11 is 1.90. The van der Waals surface area contributed by atoms with Crippen LogP contribution in [0, 0.1) is 0 Å². The number of hydrogen-bond donors (Lipinski definition) is 0. The summed E-state index contributed by atoms with van der Waals surface area (Å²) in [4.78, 5) is 19.6. The van der Waals surface area contributed by atoms with E-state index in [0.717, 1.165) is 39.0 Å². The van der Waals surface area contributed by atoms with Crippen molar-refractivity contribution >= 4 is 17.2 Å². The Bertz CT molecular complexity index is 953. The molecule has 0 N–H and O–H groups in total. The molecule has 5 rings (SSSR count). The molecule has 3 heterocycles. The highest BCUT2D eigenvalue weighted by molar-refractivity contribution is 7.10. The third-order valence-electron chi connectivity index (χ3n) is 6.95. The predicted molar refractivity (Wildman–Crippen MR) is 127 cm³/mol. The molecule has 0 aliphatic carbocycles. The Morgan fingerprint density at radius 3 is 2.19 bits per heavy atom. The molecule has 3 nitrogen and oxygen atoms in total. The van der Waals surface area contributed by atoms with Crippen LogP contribution in [-0.2, 0) is 17.8 Å². The van der Waals surface area contributed by atoms with E-state index in [1.54, 1.807) is 4.88 Å². The van der Waals surface area contributed by atoms with Gasteiger partial charge in [-0.1, -0.05) is 60.7 Å². The molecule has 0 bridgehead atoms. The molecular weight excluding hydrogens is 400 g/mol. The molecule has 0 spiro atoms. The van der Waals surface area contributed by atoms with E-state index < -0.39 is 0 Å². The maximum Gasteiger partial charge on any atom is 0.223 e. The van der Waals surface area contributed by atoms with Crippen LogP contribution >= 0.6 is 11.3 Å². The lowest BCUT2D eigenvalue weighted by molar-refractivity contribution is -0.133. The Hall–Kier alpha value is -2.43. The second-order valence-corrected chi connectivity index (χ2v) is 9.78. The van der Waals surface area contributed by atoms with E-state index in [-0.39, 0.29) is 11.8 Å². The molecule has 0 unspecified atom stereocenters. The van der Waals surface area contributed by atoms with Crippen molar-refractivity contribution in [3.05, 3.63) is 93.7 Å². The van der Waals surface area contributed by atoms with Crippen molar-refractivity contribution < 1.29 is 4.79 Å². The molecule has 1 aromatic heterocycles. The molecule has 1 saturated heterocycles. The number of thiophene rings is 1. The van der Waals surface area contributed by atoms with Crippen molar-refractivity contribution in [3.63, 3.8) is 0 Å². The van der Waals surface area contributed by atoms with Crippen molar-refractivity contribution in [2.75, 3.05) is 19.6 Å². The molecule has 0 radical (unpaired) electrons. The molecule has 3 aromatic rings. The van der Waals surface area contributed by atoms with Gasteiger partial charge in [-0.05, 0) is 47.4 Å². The third kappa shape index (κ3) is 4.60. The lowest BCUT2D eigenvalue weighted by Crippen LogP contribution is -2.48. The molecule has 2 aliphatic heterocycles. The predicted octanol–water partition coefficient (Wildman–Crippen LogP) is 5.32. The van der Waals surface area contributed by atoms with Crippen molar-refractivity contribution in [2.24, 2.45) is 0 Å². The van der Waals surface area contributed by atoms with Crippen LogP contribution in [0.3, 0.4) is 0 Å². The molecule has 31 heavy (non-hydrogen) atoms. The Kier molecular flexibility index (Phi) is 6.19. The molecule has 1 fully saturated rings. The molecular formula is C27H30N2OS. The SMILES string of the molecule is O=C(CC(c1ccccc1)c1ccccc1)N1CCC(N2CCc3sccc3C2)CC1. The molecule has 4 heteroatoms. The molecule has 0 saturated carbocycles. The van der Waals surface area contributed by atoms with Gasteiger partial charge in [0, 0.05) is 49.4 Å². The summed E-state index contributed by atoms with van der Waals surface area (Å²) in [5.74, 6) is 0.404. The highest BCUT2D eigenvalue weighted by Crippen LogP contribution is 2.31. The third-order valence-corrected chi connectivity index (χ3v) is 7.98. The minimum Gasteiger partial charge on any atom is -0.343 e. The minimum absolute atomic E-state index is 0.117. The summed E-state index contributed by atoms with van der Waals surface area (Å²) < 4.78 is 0. The highest BCUT2D eigenvalue weighted by Gasteiger charge is 2.30. The summed E-state index contributed by atoms with van der Waals surface area (Å²) in [7, 11) is 0. The van der Waals surface area contributed by atoms with Gasteiger partial charge < -0.3 is 4.90 Å². The highest BCUT2D eigenvalue weighted by atomic mass is 32.1. The maximum absolute atomic E-state index is 13.3. The summed E-state index contributed by atoms with van der Waals surface area (Å²) in [5.41, 5.74) is 3.96. The zero-order valence-corrected chi connectivity index (χ0v) is 18.8. The fourth-order valence-corrected chi connectivity index (χ4v) is 6.05. The number of hydrogen-bond acceptors (Lipinski definition) is 3. The van der Waals surface area contributed by atoms with E-state index in [1.165, 1.54) is 23.1 Å². The second kappa shape index (κ2) is 9.37. The number of benzene rings is 2. The monoisotopic (exact) mass is 430 g/mol. The normalized spacial score (nSPS) is 17.6. The Morgan fingerprint density at radius 2 is 1.55 bits per heavy atom. The Balaban J connectivity index is 1.22.